The number of nitrogens with zero attached hydrogens (tertiary/aromatic N) is 3. The summed E-state index contributed by atoms with van der Waals surface area (Å²) in [4.78, 5) is 12.5. The summed E-state index contributed by atoms with van der Waals surface area (Å²) in [5.41, 5.74) is 2.19. The molecule has 0 aliphatic carbocycles. The molecule has 1 N–H and O–H groups in total. The zero-order valence-corrected chi connectivity index (χ0v) is 14.5. The van der Waals surface area contributed by atoms with E-state index < -0.39 is 0 Å². The molecule has 7 heteroatoms. The SMILES string of the molecule is O=C(NCc1ccc(Cl)cc1)c1ccc2nnc(Cc3ccco3)n2c1. The van der Waals surface area contributed by atoms with Crippen LogP contribution in [-0.2, 0) is 13.0 Å². The molecule has 0 atom stereocenters. The molecule has 3 heterocycles. The number of benzene rings is 1. The number of carbonyl (C=O) groups is 1. The molecule has 26 heavy (non-hydrogen) atoms. The van der Waals surface area contributed by atoms with E-state index in [2.05, 4.69) is 15.5 Å². The molecule has 0 aliphatic rings. The van der Waals surface area contributed by atoms with Crippen molar-refractivity contribution in [2.75, 3.05) is 0 Å². The molecule has 0 radical (unpaired) electrons. The summed E-state index contributed by atoms with van der Waals surface area (Å²) in [6, 6.07) is 14.6. The lowest BCUT2D eigenvalue weighted by Crippen LogP contribution is -2.23. The quantitative estimate of drug-likeness (QED) is 0.586. The van der Waals surface area contributed by atoms with Gasteiger partial charge in [-0.05, 0) is 42.0 Å². The van der Waals surface area contributed by atoms with Crippen molar-refractivity contribution in [1.82, 2.24) is 19.9 Å². The normalized spacial score (nSPS) is 11.0. The largest absolute Gasteiger partial charge is 0.469 e. The number of nitrogens with one attached hydrogen (secondary N) is 1. The number of rotatable bonds is 5. The van der Waals surface area contributed by atoms with Crippen molar-refractivity contribution in [3.63, 3.8) is 0 Å². The Morgan fingerprint density at radius 1 is 1.12 bits per heavy atom. The Hall–Kier alpha value is -3.12. The standard InChI is InChI=1S/C19H15ClN4O2/c20-15-6-3-13(4-7-15)11-21-19(25)14-5-8-17-22-23-18(24(17)12-14)10-16-2-1-9-26-16/h1-9,12H,10-11H2,(H,21,25). The number of carbonyl (C=O) groups excluding carboxylic acids is 1. The number of fused-ring (bicyclic) bond motifs is 1. The predicted molar refractivity (Wildman–Crippen MR) is 97.1 cm³/mol. The van der Waals surface area contributed by atoms with Crippen LogP contribution in [-0.4, -0.2) is 20.5 Å². The monoisotopic (exact) mass is 366 g/mol. The fourth-order valence-electron chi connectivity index (χ4n) is 2.65. The van der Waals surface area contributed by atoms with Crippen LogP contribution in [0.3, 0.4) is 0 Å². The van der Waals surface area contributed by atoms with Crippen LogP contribution in [0.25, 0.3) is 5.65 Å². The fourth-order valence-corrected chi connectivity index (χ4v) is 2.77. The van der Waals surface area contributed by atoms with Crippen LogP contribution in [0.1, 0.15) is 27.5 Å². The van der Waals surface area contributed by atoms with Gasteiger partial charge in [-0.3, -0.25) is 9.20 Å². The summed E-state index contributed by atoms with van der Waals surface area (Å²) in [5.74, 6) is 1.33. The number of hydrogen-bond acceptors (Lipinski definition) is 4. The van der Waals surface area contributed by atoms with E-state index in [1.807, 2.05) is 24.3 Å². The summed E-state index contributed by atoms with van der Waals surface area (Å²) in [5, 5.41) is 11.9. The third-order valence-corrected chi connectivity index (χ3v) is 4.27. The Balaban J connectivity index is 1.52. The Morgan fingerprint density at radius 3 is 2.73 bits per heavy atom. The van der Waals surface area contributed by atoms with E-state index in [4.69, 9.17) is 16.0 Å². The number of furan rings is 1. The Morgan fingerprint density at radius 2 is 1.96 bits per heavy atom. The molecule has 0 fully saturated rings. The van der Waals surface area contributed by atoms with Crippen LogP contribution in [0.5, 0.6) is 0 Å². The minimum atomic E-state index is -0.167. The fraction of sp³-hybridized carbons (Fsp3) is 0.105. The van der Waals surface area contributed by atoms with Crippen LogP contribution in [0.15, 0.2) is 65.4 Å². The summed E-state index contributed by atoms with van der Waals surface area (Å²) in [6.45, 7) is 0.426. The van der Waals surface area contributed by atoms with Gasteiger partial charge in [0.15, 0.2) is 5.65 Å². The summed E-state index contributed by atoms with van der Waals surface area (Å²) < 4.78 is 7.16. The average Bonchev–Trinajstić information content (AvgIpc) is 3.31. The van der Waals surface area contributed by atoms with Gasteiger partial charge in [0.25, 0.3) is 5.91 Å². The van der Waals surface area contributed by atoms with Crippen molar-refractivity contribution in [2.45, 2.75) is 13.0 Å². The molecule has 6 nitrogen and oxygen atoms in total. The molecular weight excluding hydrogens is 352 g/mol. The van der Waals surface area contributed by atoms with Crippen LogP contribution in [0.4, 0.5) is 0 Å². The van der Waals surface area contributed by atoms with E-state index in [-0.39, 0.29) is 5.91 Å². The van der Waals surface area contributed by atoms with Gasteiger partial charge in [0, 0.05) is 17.8 Å². The molecule has 1 amide bonds. The van der Waals surface area contributed by atoms with Crippen molar-refractivity contribution in [2.24, 2.45) is 0 Å². The molecule has 0 unspecified atom stereocenters. The summed E-state index contributed by atoms with van der Waals surface area (Å²) >= 11 is 5.87. The highest BCUT2D eigenvalue weighted by atomic mass is 35.5. The van der Waals surface area contributed by atoms with E-state index in [1.165, 1.54) is 0 Å². The first-order valence-electron chi connectivity index (χ1n) is 8.08. The highest BCUT2D eigenvalue weighted by Crippen LogP contribution is 2.13. The van der Waals surface area contributed by atoms with Gasteiger partial charge in [-0.1, -0.05) is 23.7 Å². The van der Waals surface area contributed by atoms with Gasteiger partial charge in [0.2, 0.25) is 0 Å². The van der Waals surface area contributed by atoms with Gasteiger partial charge < -0.3 is 9.73 Å². The second-order valence-electron chi connectivity index (χ2n) is 5.83. The molecule has 0 bridgehead atoms. The summed E-state index contributed by atoms with van der Waals surface area (Å²) in [7, 11) is 0. The second kappa shape index (κ2) is 7.01. The maximum Gasteiger partial charge on any atom is 0.253 e. The van der Waals surface area contributed by atoms with E-state index in [1.54, 1.807) is 41.1 Å². The van der Waals surface area contributed by atoms with Crippen LogP contribution >= 0.6 is 11.6 Å². The van der Waals surface area contributed by atoms with Gasteiger partial charge in [0.1, 0.15) is 11.6 Å². The highest BCUT2D eigenvalue weighted by Gasteiger charge is 2.12. The number of halogens is 1. The van der Waals surface area contributed by atoms with Crippen molar-refractivity contribution in [3.8, 4) is 0 Å². The first kappa shape index (κ1) is 16.4. The topological polar surface area (TPSA) is 72.4 Å². The number of hydrogen-bond donors (Lipinski definition) is 1. The van der Waals surface area contributed by atoms with E-state index in [0.29, 0.717) is 35.0 Å². The van der Waals surface area contributed by atoms with Crippen molar-refractivity contribution >= 4 is 23.2 Å². The first-order valence-corrected chi connectivity index (χ1v) is 8.45. The molecule has 3 aromatic heterocycles. The van der Waals surface area contributed by atoms with Crippen molar-refractivity contribution < 1.29 is 9.21 Å². The van der Waals surface area contributed by atoms with Crippen molar-refractivity contribution in [3.05, 3.63) is 88.7 Å². The predicted octanol–water partition coefficient (Wildman–Crippen LogP) is 3.50. The van der Waals surface area contributed by atoms with E-state index >= 15 is 0 Å². The maximum absolute atomic E-state index is 12.5. The van der Waals surface area contributed by atoms with Crippen molar-refractivity contribution in [1.29, 1.82) is 0 Å². The highest BCUT2D eigenvalue weighted by molar-refractivity contribution is 6.30. The molecule has 0 saturated carbocycles. The number of pyridine rings is 1. The number of aromatic nitrogens is 3. The lowest BCUT2D eigenvalue weighted by atomic mass is 10.2. The van der Waals surface area contributed by atoms with E-state index in [9.17, 15) is 4.79 Å². The van der Waals surface area contributed by atoms with Crippen LogP contribution in [0.2, 0.25) is 5.02 Å². The molecule has 130 valence electrons. The molecular formula is C19H15ClN4O2. The zero-order valence-electron chi connectivity index (χ0n) is 13.7. The minimum Gasteiger partial charge on any atom is -0.469 e. The molecule has 4 aromatic rings. The lowest BCUT2D eigenvalue weighted by Gasteiger charge is -2.07. The maximum atomic E-state index is 12.5. The van der Waals surface area contributed by atoms with Gasteiger partial charge in [0.05, 0.1) is 18.2 Å². The van der Waals surface area contributed by atoms with Crippen LogP contribution in [0, 0.1) is 0 Å². The zero-order chi connectivity index (χ0) is 17.9. The number of amides is 1. The Kier molecular flexibility index (Phi) is 4.41. The van der Waals surface area contributed by atoms with Gasteiger partial charge in [-0.15, -0.1) is 10.2 Å². The lowest BCUT2D eigenvalue weighted by molar-refractivity contribution is 0.0950. The molecule has 4 rings (SSSR count). The van der Waals surface area contributed by atoms with Gasteiger partial charge in [-0.25, -0.2) is 0 Å². The smallest absolute Gasteiger partial charge is 0.253 e. The summed E-state index contributed by atoms with van der Waals surface area (Å²) in [6.07, 6.45) is 3.86. The Bertz CT molecular complexity index is 1040. The molecule has 0 aliphatic heterocycles. The van der Waals surface area contributed by atoms with Gasteiger partial charge in [-0.2, -0.15) is 0 Å². The first-order chi connectivity index (χ1) is 12.7. The third-order valence-electron chi connectivity index (χ3n) is 4.01. The minimum absolute atomic E-state index is 0.167. The van der Waals surface area contributed by atoms with E-state index in [0.717, 1.165) is 11.3 Å². The average molecular weight is 367 g/mol. The van der Waals surface area contributed by atoms with Gasteiger partial charge >= 0.3 is 0 Å². The van der Waals surface area contributed by atoms with Crippen LogP contribution < -0.4 is 5.32 Å². The third kappa shape index (κ3) is 3.45. The molecule has 0 spiro atoms. The molecule has 0 saturated heterocycles. The molecule has 1 aromatic carbocycles. The second-order valence-corrected chi connectivity index (χ2v) is 6.26. The Labute approximate surface area is 154 Å².